The van der Waals surface area contributed by atoms with Crippen molar-refractivity contribution in [3.63, 3.8) is 0 Å². The Labute approximate surface area is 298 Å². The summed E-state index contributed by atoms with van der Waals surface area (Å²) >= 11 is 3.77. The van der Waals surface area contributed by atoms with Crippen molar-refractivity contribution in [1.29, 1.82) is 0 Å². The van der Waals surface area contributed by atoms with Gasteiger partial charge in [-0.15, -0.1) is 0 Å². The first-order chi connectivity index (χ1) is 23.7. The SMILES string of the molecule is COc1cc2c(cc1O[Si](c1ccccc1)(c1ccccc1)C(C)(C)C)N(Cc1ccc(OC)c(OC(=O)c3ccccc3)c1Br)CCC2. The van der Waals surface area contributed by atoms with E-state index in [9.17, 15) is 4.79 Å². The van der Waals surface area contributed by atoms with Gasteiger partial charge in [-0.2, -0.15) is 0 Å². The highest BCUT2D eigenvalue weighted by atomic mass is 79.9. The minimum Gasteiger partial charge on any atom is -0.531 e. The highest BCUT2D eigenvalue weighted by molar-refractivity contribution is 9.10. The lowest BCUT2D eigenvalue weighted by atomic mass is 10.00. The van der Waals surface area contributed by atoms with Crippen LogP contribution < -0.4 is 33.9 Å². The molecule has 0 saturated carbocycles. The molecule has 1 aliphatic rings. The van der Waals surface area contributed by atoms with Crippen LogP contribution in [0.1, 0.15) is 48.7 Å². The second-order valence-corrected chi connectivity index (χ2v) is 18.3. The number of nitrogens with zero attached hydrogens (tertiary/aromatic N) is 1. The maximum atomic E-state index is 13.1. The first kappa shape index (κ1) is 34.3. The molecule has 49 heavy (non-hydrogen) atoms. The van der Waals surface area contributed by atoms with Crippen molar-refractivity contribution >= 4 is 46.3 Å². The standard InChI is InChI=1S/C41H42BrNO5Si/c1-41(2,3)49(32-19-11-7-12-20-32,33-21-13-8-14-22-33)48-37-27-34-30(26-36(37)46-5)18-15-25-43(34)28-31-23-24-35(45-4)39(38(31)42)47-40(44)29-16-9-6-10-17-29/h6-14,16-17,19-24,26-27H,15,18,25,28H2,1-5H3. The van der Waals surface area contributed by atoms with Crippen molar-refractivity contribution in [1.82, 2.24) is 0 Å². The molecule has 0 aliphatic carbocycles. The topological polar surface area (TPSA) is 57.2 Å². The quantitative estimate of drug-likeness (QED) is 0.0814. The van der Waals surface area contributed by atoms with Gasteiger partial charge in [-0.25, -0.2) is 4.79 Å². The fourth-order valence-electron chi connectivity index (χ4n) is 6.77. The van der Waals surface area contributed by atoms with Gasteiger partial charge in [-0.1, -0.05) is 106 Å². The normalized spacial score (nSPS) is 13.0. The molecule has 252 valence electrons. The molecule has 0 unspecified atom stereocenters. The van der Waals surface area contributed by atoms with Crippen LogP contribution in [0, 0.1) is 0 Å². The number of aryl methyl sites for hydroxylation is 1. The van der Waals surface area contributed by atoms with Crippen LogP contribution in [-0.2, 0) is 13.0 Å². The molecule has 0 spiro atoms. The van der Waals surface area contributed by atoms with E-state index in [1.54, 1.807) is 26.4 Å². The summed E-state index contributed by atoms with van der Waals surface area (Å²) in [6, 6.07) is 38.4. The number of methoxy groups -OCH3 is 2. The second-order valence-electron chi connectivity index (χ2n) is 13.2. The Bertz CT molecular complexity index is 1870. The maximum Gasteiger partial charge on any atom is 0.343 e. The van der Waals surface area contributed by atoms with Crippen LogP contribution in [0.4, 0.5) is 5.69 Å². The highest BCUT2D eigenvalue weighted by Gasteiger charge is 2.52. The van der Waals surface area contributed by atoms with Crippen molar-refractivity contribution in [3.05, 3.63) is 136 Å². The Morgan fingerprint density at radius 1 is 0.776 bits per heavy atom. The van der Waals surface area contributed by atoms with E-state index in [0.29, 0.717) is 28.1 Å². The third kappa shape index (κ3) is 6.85. The largest absolute Gasteiger partial charge is 0.531 e. The number of ether oxygens (including phenoxy) is 3. The fourth-order valence-corrected chi connectivity index (χ4v) is 11.7. The van der Waals surface area contributed by atoms with Crippen LogP contribution in [-0.4, -0.2) is 35.1 Å². The zero-order valence-corrected chi connectivity index (χ0v) is 31.3. The van der Waals surface area contributed by atoms with Gasteiger partial charge < -0.3 is 23.5 Å². The monoisotopic (exact) mass is 735 g/mol. The molecule has 0 saturated heterocycles. The average Bonchev–Trinajstić information content (AvgIpc) is 3.12. The molecule has 0 aromatic heterocycles. The van der Waals surface area contributed by atoms with Gasteiger partial charge in [0, 0.05) is 24.8 Å². The third-order valence-corrected chi connectivity index (χ3v) is 15.0. The summed E-state index contributed by atoms with van der Waals surface area (Å²) in [6.07, 6.45) is 1.93. The lowest BCUT2D eigenvalue weighted by Crippen LogP contribution is -2.68. The molecule has 5 aromatic carbocycles. The van der Waals surface area contributed by atoms with Gasteiger partial charge in [-0.05, 0) is 79.6 Å². The summed E-state index contributed by atoms with van der Waals surface area (Å²) in [5.74, 6) is 1.85. The second kappa shape index (κ2) is 14.5. The Kier molecular flexibility index (Phi) is 10.2. The number of hydrogen-bond donors (Lipinski definition) is 0. The smallest absolute Gasteiger partial charge is 0.343 e. The third-order valence-electron chi connectivity index (χ3n) is 9.19. The molecule has 8 heteroatoms. The van der Waals surface area contributed by atoms with Gasteiger partial charge in [0.25, 0.3) is 0 Å². The van der Waals surface area contributed by atoms with Crippen LogP contribution in [0.5, 0.6) is 23.0 Å². The maximum absolute atomic E-state index is 13.1. The number of carbonyl (C=O) groups is 1. The molecule has 0 atom stereocenters. The lowest BCUT2D eigenvalue weighted by Gasteiger charge is -2.43. The zero-order chi connectivity index (χ0) is 34.6. The van der Waals surface area contributed by atoms with Crippen molar-refractivity contribution < 1.29 is 23.4 Å². The van der Waals surface area contributed by atoms with Gasteiger partial charge in [0.15, 0.2) is 17.2 Å². The number of fused-ring (bicyclic) bond motifs is 1. The van der Waals surface area contributed by atoms with Crippen LogP contribution in [0.25, 0.3) is 0 Å². The predicted molar refractivity (Wildman–Crippen MR) is 203 cm³/mol. The minimum absolute atomic E-state index is 0.210. The summed E-state index contributed by atoms with van der Waals surface area (Å²) in [5, 5.41) is 2.19. The van der Waals surface area contributed by atoms with E-state index in [2.05, 4.69) is 114 Å². The summed E-state index contributed by atoms with van der Waals surface area (Å²) in [4.78, 5) is 15.4. The van der Waals surface area contributed by atoms with Crippen molar-refractivity contribution in [2.75, 3.05) is 25.7 Å². The molecule has 0 amide bonds. The number of hydrogen-bond acceptors (Lipinski definition) is 6. The number of rotatable bonds is 10. The Hall–Kier alpha value is -4.53. The van der Waals surface area contributed by atoms with Crippen molar-refractivity contribution in [2.24, 2.45) is 0 Å². The summed E-state index contributed by atoms with van der Waals surface area (Å²) in [5.41, 5.74) is 3.74. The van der Waals surface area contributed by atoms with Crippen molar-refractivity contribution in [2.45, 2.75) is 45.2 Å². The summed E-state index contributed by atoms with van der Waals surface area (Å²) in [7, 11) is 0.370. The van der Waals surface area contributed by atoms with E-state index in [0.717, 1.165) is 42.1 Å². The molecule has 0 fully saturated rings. The predicted octanol–water partition coefficient (Wildman–Crippen LogP) is 8.58. The number of anilines is 1. The van der Waals surface area contributed by atoms with Crippen LogP contribution in [0.15, 0.2) is 120 Å². The van der Waals surface area contributed by atoms with E-state index in [4.69, 9.17) is 18.6 Å². The highest BCUT2D eigenvalue weighted by Crippen LogP contribution is 2.45. The summed E-state index contributed by atoms with van der Waals surface area (Å²) < 4.78 is 25.7. The molecule has 6 rings (SSSR count). The minimum atomic E-state index is -2.92. The molecule has 1 aliphatic heterocycles. The van der Waals surface area contributed by atoms with E-state index >= 15 is 0 Å². The molecule has 1 heterocycles. The van der Waals surface area contributed by atoms with Gasteiger partial charge in [0.1, 0.15) is 5.75 Å². The molecule has 6 nitrogen and oxygen atoms in total. The number of esters is 1. The Balaban J connectivity index is 1.40. The van der Waals surface area contributed by atoms with E-state index in [-0.39, 0.29) is 5.04 Å². The molecule has 0 radical (unpaired) electrons. The van der Waals surface area contributed by atoms with Crippen molar-refractivity contribution in [3.8, 4) is 23.0 Å². The van der Waals surface area contributed by atoms with Gasteiger partial charge in [-0.3, -0.25) is 0 Å². The number of halogens is 1. The van der Waals surface area contributed by atoms with Crippen LogP contribution >= 0.6 is 15.9 Å². The zero-order valence-electron chi connectivity index (χ0n) is 28.7. The van der Waals surface area contributed by atoms with Gasteiger partial charge in [0.05, 0.1) is 24.3 Å². The molecule has 5 aromatic rings. The Morgan fingerprint density at radius 2 is 1.37 bits per heavy atom. The first-order valence-corrected chi connectivity index (χ1v) is 19.2. The lowest BCUT2D eigenvalue weighted by molar-refractivity contribution is 0.0728. The first-order valence-electron chi connectivity index (χ1n) is 16.5. The summed E-state index contributed by atoms with van der Waals surface area (Å²) in [6.45, 7) is 8.27. The van der Waals surface area contributed by atoms with E-state index in [1.165, 1.54) is 15.9 Å². The number of benzene rings is 5. The molecule has 0 bridgehead atoms. The van der Waals surface area contributed by atoms with Crippen LogP contribution in [0.2, 0.25) is 5.04 Å². The fraction of sp³-hybridized carbons (Fsp3) is 0.244. The molecular weight excluding hydrogens is 694 g/mol. The van der Waals surface area contributed by atoms with Gasteiger partial charge >= 0.3 is 14.3 Å². The molecular formula is C41H42BrNO5Si. The van der Waals surface area contributed by atoms with Gasteiger partial charge in [0.2, 0.25) is 0 Å². The molecule has 0 N–H and O–H groups in total. The van der Waals surface area contributed by atoms with Crippen LogP contribution in [0.3, 0.4) is 0 Å². The van der Waals surface area contributed by atoms with E-state index in [1.807, 2.05) is 30.3 Å². The number of carbonyl (C=O) groups excluding carboxylic acids is 1. The van der Waals surface area contributed by atoms with E-state index < -0.39 is 14.3 Å². The Morgan fingerprint density at radius 3 is 1.94 bits per heavy atom. The average molecular weight is 737 g/mol.